The Bertz CT molecular complexity index is 422. The summed E-state index contributed by atoms with van der Waals surface area (Å²) in [5.41, 5.74) is 7.20. The van der Waals surface area contributed by atoms with Crippen LogP contribution in [0.3, 0.4) is 0 Å². The van der Waals surface area contributed by atoms with Crippen molar-refractivity contribution >= 4 is 17.3 Å². The van der Waals surface area contributed by atoms with Gasteiger partial charge in [0.05, 0.1) is 17.8 Å². The summed E-state index contributed by atoms with van der Waals surface area (Å²) in [6, 6.07) is 6.95. The molecule has 0 heterocycles. The van der Waals surface area contributed by atoms with Gasteiger partial charge in [-0.15, -0.1) is 0 Å². The number of nitrogens with zero attached hydrogens (tertiary/aromatic N) is 1. The first-order valence-electron chi connectivity index (χ1n) is 4.97. The van der Waals surface area contributed by atoms with Crippen molar-refractivity contribution < 1.29 is 4.79 Å². The lowest BCUT2D eigenvalue weighted by atomic mass is 10.2. The van der Waals surface area contributed by atoms with E-state index in [2.05, 4.69) is 10.6 Å². The van der Waals surface area contributed by atoms with Crippen molar-refractivity contribution in [1.82, 2.24) is 5.32 Å². The third-order valence-electron chi connectivity index (χ3n) is 2.00. The SMILES string of the molecule is CCNC(=O)CNc1ccc(C#N)c(N)c1. The zero-order valence-electron chi connectivity index (χ0n) is 9.08. The number of nitriles is 1. The summed E-state index contributed by atoms with van der Waals surface area (Å²) < 4.78 is 0. The largest absolute Gasteiger partial charge is 0.398 e. The number of amides is 1. The molecule has 0 aliphatic rings. The van der Waals surface area contributed by atoms with E-state index in [9.17, 15) is 4.79 Å². The third-order valence-corrected chi connectivity index (χ3v) is 2.00. The Balaban J connectivity index is 2.59. The number of carbonyl (C=O) groups is 1. The molecule has 0 unspecified atom stereocenters. The van der Waals surface area contributed by atoms with E-state index in [1.165, 1.54) is 0 Å². The van der Waals surface area contributed by atoms with Crippen molar-refractivity contribution in [2.24, 2.45) is 0 Å². The topological polar surface area (TPSA) is 90.9 Å². The number of hydrogen-bond acceptors (Lipinski definition) is 4. The zero-order valence-corrected chi connectivity index (χ0v) is 9.08. The Morgan fingerprint density at radius 1 is 1.56 bits per heavy atom. The van der Waals surface area contributed by atoms with Crippen molar-refractivity contribution in [2.45, 2.75) is 6.92 Å². The van der Waals surface area contributed by atoms with Crippen LogP contribution in [-0.4, -0.2) is 19.0 Å². The molecule has 5 nitrogen and oxygen atoms in total. The number of likely N-dealkylation sites (N-methyl/N-ethyl adjacent to an activating group) is 1. The van der Waals surface area contributed by atoms with Crippen LogP contribution in [0.5, 0.6) is 0 Å². The van der Waals surface area contributed by atoms with Crippen LogP contribution in [0, 0.1) is 11.3 Å². The maximum Gasteiger partial charge on any atom is 0.239 e. The molecule has 0 aromatic heterocycles. The molecule has 0 atom stereocenters. The van der Waals surface area contributed by atoms with E-state index in [1.807, 2.05) is 13.0 Å². The zero-order chi connectivity index (χ0) is 12.0. The van der Waals surface area contributed by atoms with Gasteiger partial charge in [0, 0.05) is 12.2 Å². The molecule has 0 aliphatic heterocycles. The maximum atomic E-state index is 11.2. The summed E-state index contributed by atoms with van der Waals surface area (Å²) in [4.78, 5) is 11.2. The molecule has 0 fully saturated rings. The highest BCUT2D eigenvalue weighted by atomic mass is 16.1. The minimum atomic E-state index is -0.0783. The smallest absolute Gasteiger partial charge is 0.239 e. The van der Waals surface area contributed by atoms with Crippen LogP contribution in [0.1, 0.15) is 12.5 Å². The summed E-state index contributed by atoms with van der Waals surface area (Å²) in [7, 11) is 0. The lowest BCUT2D eigenvalue weighted by Crippen LogP contribution is -2.29. The van der Waals surface area contributed by atoms with Gasteiger partial charge in [0.15, 0.2) is 0 Å². The van der Waals surface area contributed by atoms with Crippen LogP contribution in [0.15, 0.2) is 18.2 Å². The second kappa shape index (κ2) is 5.61. The van der Waals surface area contributed by atoms with E-state index in [0.717, 1.165) is 5.69 Å². The fraction of sp³-hybridized carbons (Fsp3) is 0.273. The van der Waals surface area contributed by atoms with Gasteiger partial charge in [0.25, 0.3) is 0 Å². The number of nitrogens with one attached hydrogen (secondary N) is 2. The maximum absolute atomic E-state index is 11.2. The minimum absolute atomic E-state index is 0.0783. The van der Waals surface area contributed by atoms with Crippen molar-refractivity contribution in [3.05, 3.63) is 23.8 Å². The van der Waals surface area contributed by atoms with Crippen molar-refractivity contribution in [2.75, 3.05) is 24.1 Å². The third kappa shape index (κ3) is 3.17. The van der Waals surface area contributed by atoms with Gasteiger partial charge in [-0.1, -0.05) is 0 Å². The molecule has 1 amide bonds. The molecule has 1 aromatic carbocycles. The predicted molar refractivity (Wildman–Crippen MR) is 62.7 cm³/mol. The van der Waals surface area contributed by atoms with E-state index < -0.39 is 0 Å². The minimum Gasteiger partial charge on any atom is -0.398 e. The molecule has 1 aromatic rings. The molecule has 0 aliphatic carbocycles. The van der Waals surface area contributed by atoms with Gasteiger partial charge in [0.1, 0.15) is 6.07 Å². The lowest BCUT2D eigenvalue weighted by molar-refractivity contribution is -0.119. The Morgan fingerprint density at radius 3 is 2.88 bits per heavy atom. The highest BCUT2D eigenvalue weighted by Crippen LogP contribution is 2.16. The standard InChI is InChI=1S/C11H14N4O/c1-2-14-11(16)7-15-9-4-3-8(6-12)10(13)5-9/h3-5,15H,2,7,13H2,1H3,(H,14,16). The van der Waals surface area contributed by atoms with Crippen LogP contribution in [0.4, 0.5) is 11.4 Å². The predicted octanol–water partition coefficient (Wildman–Crippen LogP) is 0.688. The summed E-state index contributed by atoms with van der Waals surface area (Å²) in [6.07, 6.45) is 0. The number of anilines is 2. The second-order valence-corrected chi connectivity index (χ2v) is 3.22. The van der Waals surface area contributed by atoms with Crippen LogP contribution in [-0.2, 0) is 4.79 Å². The van der Waals surface area contributed by atoms with Crippen molar-refractivity contribution in [3.8, 4) is 6.07 Å². The fourth-order valence-corrected chi connectivity index (χ4v) is 1.22. The molecule has 0 saturated heterocycles. The van der Waals surface area contributed by atoms with Crippen molar-refractivity contribution in [3.63, 3.8) is 0 Å². The number of carbonyl (C=O) groups excluding carboxylic acids is 1. The average molecular weight is 218 g/mol. The average Bonchev–Trinajstić information content (AvgIpc) is 2.27. The summed E-state index contributed by atoms with van der Waals surface area (Å²) in [5, 5.41) is 14.3. The van der Waals surface area contributed by atoms with E-state index >= 15 is 0 Å². The molecule has 0 spiro atoms. The quantitative estimate of drug-likeness (QED) is 0.648. The van der Waals surface area contributed by atoms with Gasteiger partial charge >= 0.3 is 0 Å². The Kier molecular flexibility index (Phi) is 4.16. The van der Waals surface area contributed by atoms with E-state index in [-0.39, 0.29) is 12.5 Å². The summed E-state index contributed by atoms with van der Waals surface area (Å²) >= 11 is 0. The van der Waals surface area contributed by atoms with Crippen LogP contribution in [0.2, 0.25) is 0 Å². The molecular weight excluding hydrogens is 204 g/mol. The number of nitrogen functional groups attached to an aromatic ring is 1. The second-order valence-electron chi connectivity index (χ2n) is 3.22. The molecule has 0 radical (unpaired) electrons. The molecule has 4 N–H and O–H groups in total. The number of nitrogens with two attached hydrogens (primary N) is 1. The van der Waals surface area contributed by atoms with Crippen LogP contribution in [0.25, 0.3) is 0 Å². The number of benzene rings is 1. The summed E-state index contributed by atoms with van der Waals surface area (Å²) in [6.45, 7) is 2.66. The molecule has 5 heteroatoms. The van der Waals surface area contributed by atoms with Gasteiger partial charge in [-0.3, -0.25) is 4.79 Å². The molecule has 84 valence electrons. The van der Waals surface area contributed by atoms with E-state index in [4.69, 9.17) is 11.0 Å². The van der Waals surface area contributed by atoms with Gasteiger partial charge in [-0.2, -0.15) is 5.26 Å². The van der Waals surface area contributed by atoms with Crippen LogP contribution >= 0.6 is 0 Å². The highest BCUT2D eigenvalue weighted by molar-refractivity contribution is 5.81. The summed E-state index contributed by atoms with van der Waals surface area (Å²) in [5.74, 6) is -0.0783. The highest BCUT2D eigenvalue weighted by Gasteiger charge is 2.01. The molecular formula is C11H14N4O. The first-order valence-corrected chi connectivity index (χ1v) is 4.97. The first-order chi connectivity index (χ1) is 7.67. The van der Waals surface area contributed by atoms with Gasteiger partial charge in [-0.25, -0.2) is 0 Å². The molecule has 0 saturated carbocycles. The van der Waals surface area contributed by atoms with Crippen LogP contribution < -0.4 is 16.4 Å². The first kappa shape index (κ1) is 11.9. The Hall–Kier alpha value is -2.22. The van der Waals surface area contributed by atoms with E-state index in [0.29, 0.717) is 17.8 Å². The monoisotopic (exact) mass is 218 g/mol. The number of hydrogen-bond donors (Lipinski definition) is 3. The Morgan fingerprint density at radius 2 is 2.31 bits per heavy atom. The van der Waals surface area contributed by atoms with E-state index in [1.54, 1.807) is 18.2 Å². The fourth-order valence-electron chi connectivity index (χ4n) is 1.22. The Labute approximate surface area is 94.2 Å². The van der Waals surface area contributed by atoms with Gasteiger partial charge < -0.3 is 16.4 Å². The molecule has 0 bridgehead atoms. The normalized spacial score (nSPS) is 9.25. The molecule has 1 rings (SSSR count). The van der Waals surface area contributed by atoms with Gasteiger partial charge in [0.2, 0.25) is 5.91 Å². The van der Waals surface area contributed by atoms with Crippen molar-refractivity contribution in [1.29, 1.82) is 5.26 Å². The van der Waals surface area contributed by atoms with Gasteiger partial charge in [-0.05, 0) is 25.1 Å². The molecule has 16 heavy (non-hydrogen) atoms. The lowest BCUT2D eigenvalue weighted by Gasteiger charge is -2.07. The number of rotatable bonds is 4.